The normalized spacial score (nSPS) is 14.5. The lowest BCUT2D eigenvalue weighted by Gasteiger charge is -2.20. The molecule has 5 heteroatoms. The molecule has 2 amide bonds. The van der Waals surface area contributed by atoms with Crippen LogP contribution < -0.4 is 5.32 Å². The number of nitrogens with one attached hydrogen (secondary N) is 1. The maximum Gasteiger partial charge on any atom is 0.252 e. The maximum atomic E-state index is 13.0. The van der Waals surface area contributed by atoms with Gasteiger partial charge in [0, 0.05) is 37.0 Å². The molecule has 0 unspecified atom stereocenters. The Labute approximate surface area is 177 Å². The Balaban J connectivity index is 1.46. The number of pyridine rings is 1. The van der Waals surface area contributed by atoms with Crippen LogP contribution in [0.15, 0.2) is 60.7 Å². The molecule has 0 spiro atoms. The van der Waals surface area contributed by atoms with E-state index >= 15 is 0 Å². The first-order valence-electron chi connectivity index (χ1n) is 10.7. The van der Waals surface area contributed by atoms with Crippen molar-refractivity contribution < 1.29 is 9.59 Å². The highest BCUT2D eigenvalue weighted by Crippen LogP contribution is 2.24. The Bertz CT molecular complexity index is 1030. The highest BCUT2D eigenvalue weighted by Gasteiger charge is 2.17. The summed E-state index contributed by atoms with van der Waals surface area (Å²) >= 11 is 0. The topological polar surface area (TPSA) is 62.3 Å². The van der Waals surface area contributed by atoms with Gasteiger partial charge in [0.05, 0.1) is 16.8 Å². The van der Waals surface area contributed by atoms with Gasteiger partial charge in [-0.1, -0.05) is 55.0 Å². The van der Waals surface area contributed by atoms with Crippen LogP contribution in [0.2, 0.25) is 0 Å². The number of carbonyl (C=O) groups is 2. The van der Waals surface area contributed by atoms with Gasteiger partial charge in [-0.05, 0) is 31.4 Å². The Morgan fingerprint density at radius 2 is 1.80 bits per heavy atom. The molecular formula is C25H27N3O2. The van der Waals surface area contributed by atoms with E-state index < -0.39 is 0 Å². The van der Waals surface area contributed by atoms with Crippen LogP contribution in [-0.4, -0.2) is 41.3 Å². The molecule has 1 aromatic heterocycles. The fourth-order valence-corrected chi connectivity index (χ4v) is 3.96. The summed E-state index contributed by atoms with van der Waals surface area (Å²) in [7, 11) is 0. The fraction of sp³-hybridized carbons (Fsp3) is 0.320. The van der Waals surface area contributed by atoms with E-state index in [4.69, 9.17) is 4.98 Å². The van der Waals surface area contributed by atoms with Gasteiger partial charge in [0.25, 0.3) is 5.91 Å². The van der Waals surface area contributed by atoms with Crippen LogP contribution in [0.5, 0.6) is 0 Å². The summed E-state index contributed by atoms with van der Waals surface area (Å²) in [6.07, 6.45) is 4.59. The summed E-state index contributed by atoms with van der Waals surface area (Å²) in [6.45, 7) is 2.08. The molecule has 154 valence electrons. The number of hydrogen-bond donors (Lipinski definition) is 1. The van der Waals surface area contributed by atoms with Crippen molar-refractivity contribution in [3.05, 3.63) is 66.2 Å². The molecule has 0 aliphatic carbocycles. The predicted octanol–water partition coefficient (Wildman–Crippen LogP) is 4.42. The van der Waals surface area contributed by atoms with Gasteiger partial charge in [0.2, 0.25) is 5.91 Å². The Morgan fingerprint density at radius 1 is 1.00 bits per heavy atom. The standard InChI is InChI=1S/C25H27N3O2/c29-24-14-5-2-8-16-28(24)17-9-15-26-25(30)21-18-23(19-10-3-1-4-11-19)27-22-13-7-6-12-20(21)22/h1,3-4,6-7,10-13,18H,2,5,8-9,14-17H2,(H,26,30). The average molecular weight is 402 g/mol. The fourth-order valence-electron chi connectivity index (χ4n) is 3.96. The van der Waals surface area contributed by atoms with Gasteiger partial charge in [-0.2, -0.15) is 0 Å². The van der Waals surface area contributed by atoms with Gasteiger partial charge < -0.3 is 10.2 Å². The van der Waals surface area contributed by atoms with E-state index in [1.54, 1.807) is 0 Å². The number of amides is 2. The van der Waals surface area contributed by atoms with E-state index in [0.717, 1.165) is 54.4 Å². The number of nitrogens with zero attached hydrogens (tertiary/aromatic N) is 2. The average Bonchev–Trinajstić information content (AvgIpc) is 3.00. The summed E-state index contributed by atoms with van der Waals surface area (Å²) in [6, 6.07) is 19.5. The molecule has 4 rings (SSSR count). The number of fused-ring (bicyclic) bond motifs is 1. The summed E-state index contributed by atoms with van der Waals surface area (Å²) in [5, 5.41) is 3.88. The second-order valence-electron chi connectivity index (χ2n) is 7.74. The second kappa shape index (κ2) is 9.53. The number of rotatable bonds is 6. The molecule has 1 aliphatic rings. The minimum Gasteiger partial charge on any atom is -0.352 e. The Hall–Kier alpha value is -3.21. The van der Waals surface area contributed by atoms with Gasteiger partial charge >= 0.3 is 0 Å². The van der Waals surface area contributed by atoms with Crippen LogP contribution in [0.3, 0.4) is 0 Å². The third kappa shape index (κ3) is 4.67. The lowest BCUT2D eigenvalue weighted by molar-refractivity contribution is -0.130. The third-order valence-corrected chi connectivity index (χ3v) is 5.59. The second-order valence-corrected chi connectivity index (χ2v) is 7.74. The number of hydrogen-bond acceptors (Lipinski definition) is 3. The summed E-state index contributed by atoms with van der Waals surface area (Å²) in [5.41, 5.74) is 3.20. The molecule has 3 aromatic rings. The van der Waals surface area contributed by atoms with E-state index in [0.29, 0.717) is 25.1 Å². The van der Waals surface area contributed by atoms with Crippen LogP contribution in [0.4, 0.5) is 0 Å². The van der Waals surface area contributed by atoms with Gasteiger partial charge in [-0.3, -0.25) is 9.59 Å². The molecule has 0 bridgehead atoms. The number of likely N-dealkylation sites (tertiary alicyclic amines) is 1. The molecule has 2 heterocycles. The Morgan fingerprint density at radius 3 is 2.67 bits per heavy atom. The van der Waals surface area contributed by atoms with E-state index in [2.05, 4.69) is 5.32 Å². The monoisotopic (exact) mass is 401 g/mol. The first-order chi connectivity index (χ1) is 14.7. The number of carbonyl (C=O) groups excluding carboxylic acids is 2. The number of benzene rings is 2. The van der Waals surface area contributed by atoms with Crippen LogP contribution >= 0.6 is 0 Å². The maximum absolute atomic E-state index is 13.0. The highest BCUT2D eigenvalue weighted by molar-refractivity contribution is 6.07. The smallest absolute Gasteiger partial charge is 0.252 e. The molecule has 1 aliphatic heterocycles. The van der Waals surface area contributed by atoms with Gasteiger partial charge in [-0.15, -0.1) is 0 Å². The van der Waals surface area contributed by atoms with Crippen molar-refractivity contribution in [2.24, 2.45) is 0 Å². The zero-order chi connectivity index (χ0) is 20.8. The quantitative estimate of drug-likeness (QED) is 0.622. The first kappa shape index (κ1) is 20.1. The van der Waals surface area contributed by atoms with Gasteiger partial charge in [-0.25, -0.2) is 4.98 Å². The molecule has 1 N–H and O–H groups in total. The van der Waals surface area contributed by atoms with Crippen LogP contribution in [0.25, 0.3) is 22.2 Å². The minimum atomic E-state index is -0.104. The molecule has 0 radical (unpaired) electrons. The van der Waals surface area contributed by atoms with Gasteiger partial charge in [0.1, 0.15) is 0 Å². The van der Waals surface area contributed by atoms with Crippen LogP contribution in [-0.2, 0) is 4.79 Å². The van der Waals surface area contributed by atoms with E-state index in [1.807, 2.05) is 65.6 Å². The minimum absolute atomic E-state index is 0.104. The van der Waals surface area contributed by atoms with Crippen molar-refractivity contribution in [2.45, 2.75) is 32.1 Å². The lowest BCUT2D eigenvalue weighted by Crippen LogP contribution is -2.34. The van der Waals surface area contributed by atoms with E-state index in [-0.39, 0.29) is 11.8 Å². The third-order valence-electron chi connectivity index (χ3n) is 5.59. The largest absolute Gasteiger partial charge is 0.352 e. The van der Waals surface area contributed by atoms with Crippen molar-refractivity contribution in [3.63, 3.8) is 0 Å². The molecule has 30 heavy (non-hydrogen) atoms. The zero-order valence-electron chi connectivity index (χ0n) is 17.1. The predicted molar refractivity (Wildman–Crippen MR) is 119 cm³/mol. The Kier molecular flexibility index (Phi) is 6.38. The van der Waals surface area contributed by atoms with Crippen molar-refractivity contribution >= 4 is 22.7 Å². The summed E-state index contributed by atoms with van der Waals surface area (Å²) in [4.78, 5) is 31.8. The molecule has 1 fully saturated rings. The van der Waals surface area contributed by atoms with Crippen molar-refractivity contribution in [2.75, 3.05) is 19.6 Å². The van der Waals surface area contributed by atoms with Crippen molar-refractivity contribution in [3.8, 4) is 11.3 Å². The SMILES string of the molecule is O=C(NCCCN1CCCCCC1=O)c1cc(-c2ccccc2)nc2ccccc12. The van der Waals surface area contributed by atoms with Crippen LogP contribution in [0.1, 0.15) is 42.5 Å². The summed E-state index contributed by atoms with van der Waals surface area (Å²) < 4.78 is 0. The number of para-hydroxylation sites is 1. The molecular weight excluding hydrogens is 374 g/mol. The number of aromatic nitrogens is 1. The van der Waals surface area contributed by atoms with E-state index in [1.165, 1.54) is 0 Å². The van der Waals surface area contributed by atoms with Gasteiger partial charge in [0.15, 0.2) is 0 Å². The van der Waals surface area contributed by atoms with Crippen LogP contribution in [0, 0.1) is 0 Å². The lowest BCUT2D eigenvalue weighted by atomic mass is 10.0. The molecule has 5 nitrogen and oxygen atoms in total. The van der Waals surface area contributed by atoms with Crippen molar-refractivity contribution in [1.29, 1.82) is 0 Å². The summed E-state index contributed by atoms with van der Waals surface area (Å²) in [5.74, 6) is 0.138. The molecule has 0 saturated carbocycles. The zero-order valence-corrected chi connectivity index (χ0v) is 17.1. The molecule has 2 aromatic carbocycles. The van der Waals surface area contributed by atoms with E-state index in [9.17, 15) is 9.59 Å². The first-order valence-corrected chi connectivity index (χ1v) is 10.7. The highest BCUT2D eigenvalue weighted by atomic mass is 16.2. The molecule has 1 saturated heterocycles. The van der Waals surface area contributed by atoms with Crippen molar-refractivity contribution in [1.82, 2.24) is 15.2 Å². The molecule has 0 atom stereocenters.